The number of nitrogens with one attached hydrogen (secondary N) is 1. The molecule has 0 atom stereocenters. The van der Waals surface area contributed by atoms with Crippen LogP contribution in [0.2, 0.25) is 5.02 Å². The molecule has 1 fully saturated rings. The van der Waals surface area contributed by atoms with Crippen molar-refractivity contribution in [2.45, 2.75) is 19.4 Å². The number of nitrogens with zero attached hydrogens (tertiary/aromatic N) is 5. The Hall–Kier alpha value is -2.93. The maximum absolute atomic E-state index is 12.3. The molecule has 0 saturated carbocycles. The van der Waals surface area contributed by atoms with Crippen LogP contribution < -0.4 is 10.6 Å². The molecule has 0 spiro atoms. The summed E-state index contributed by atoms with van der Waals surface area (Å²) >= 11 is 6.02. The van der Waals surface area contributed by atoms with E-state index in [4.69, 9.17) is 16.6 Å². The van der Waals surface area contributed by atoms with Gasteiger partial charge in [0.2, 0.25) is 0 Å². The van der Waals surface area contributed by atoms with Gasteiger partial charge in [0, 0.05) is 30.9 Å². The topological polar surface area (TPSA) is 79.7 Å². The molecule has 1 N–H and O–H groups in total. The standard InChI is InChI=1S/C20H19ClN6O/c21-14-3-4-15-17(10-14)23-11-18(24-15)26-8-5-13(6-9-26)12-27-19-16(25-20(27)28)2-1-7-22-19/h1-4,7,10-11,13H,5-6,8-9,12H2,(H,25,28). The largest absolute Gasteiger partial charge is 0.355 e. The number of pyridine rings is 1. The molecule has 142 valence electrons. The minimum absolute atomic E-state index is 0.0878. The first-order chi connectivity index (χ1) is 13.7. The third-order valence-electron chi connectivity index (χ3n) is 5.40. The van der Waals surface area contributed by atoms with E-state index in [-0.39, 0.29) is 5.69 Å². The lowest BCUT2D eigenvalue weighted by Gasteiger charge is -2.32. The summed E-state index contributed by atoms with van der Waals surface area (Å²) in [5.74, 6) is 1.32. The van der Waals surface area contributed by atoms with E-state index in [9.17, 15) is 4.79 Å². The number of aromatic amines is 1. The Balaban J connectivity index is 1.30. The highest BCUT2D eigenvalue weighted by atomic mass is 35.5. The van der Waals surface area contributed by atoms with Gasteiger partial charge in [-0.2, -0.15) is 0 Å². The minimum atomic E-state index is -0.0878. The minimum Gasteiger partial charge on any atom is -0.355 e. The second kappa shape index (κ2) is 6.91. The van der Waals surface area contributed by atoms with Crippen molar-refractivity contribution in [2.75, 3.05) is 18.0 Å². The number of benzene rings is 1. The molecule has 28 heavy (non-hydrogen) atoms. The van der Waals surface area contributed by atoms with Crippen LogP contribution in [-0.2, 0) is 6.54 Å². The Kier molecular flexibility index (Phi) is 4.24. The fourth-order valence-electron chi connectivity index (χ4n) is 3.89. The molecule has 1 aromatic carbocycles. The van der Waals surface area contributed by atoms with Crippen LogP contribution in [0.15, 0.2) is 47.5 Å². The van der Waals surface area contributed by atoms with Gasteiger partial charge in [-0.3, -0.25) is 9.55 Å². The number of imidazole rings is 1. The second-order valence-corrected chi connectivity index (χ2v) is 7.64. The molecule has 7 nitrogen and oxygen atoms in total. The van der Waals surface area contributed by atoms with E-state index in [1.165, 1.54) is 0 Å². The monoisotopic (exact) mass is 394 g/mol. The highest BCUT2D eigenvalue weighted by molar-refractivity contribution is 6.31. The van der Waals surface area contributed by atoms with Gasteiger partial charge in [-0.25, -0.2) is 14.8 Å². The van der Waals surface area contributed by atoms with Crippen LogP contribution in [0.25, 0.3) is 22.2 Å². The van der Waals surface area contributed by atoms with Crippen molar-refractivity contribution < 1.29 is 0 Å². The van der Waals surface area contributed by atoms with Gasteiger partial charge in [-0.05, 0) is 49.1 Å². The maximum Gasteiger partial charge on any atom is 0.327 e. The fourth-order valence-corrected chi connectivity index (χ4v) is 4.05. The van der Waals surface area contributed by atoms with E-state index >= 15 is 0 Å². The molecule has 0 bridgehead atoms. The first kappa shape index (κ1) is 17.2. The number of anilines is 1. The van der Waals surface area contributed by atoms with Crippen molar-refractivity contribution >= 4 is 39.6 Å². The summed E-state index contributed by atoms with van der Waals surface area (Å²) in [6.07, 6.45) is 5.52. The Labute approximate surface area is 166 Å². The molecule has 5 rings (SSSR count). The van der Waals surface area contributed by atoms with Crippen molar-refractivity contribution in [3.05, 3.63) is 58.2 Å². The van der Waals surface area contributed by atoms with Gasteiger partial charge < -0.3 is 9.88 Å². The van der Waals surface area contributed by atoms with Crippen LogP contribution in [-0.4, -0.2) is 37.6 Å². The molecule has 3 aromatic heterocycles. The summed E-state index contributed by atoms with van der Waals surface area (Å²) < 4.78 is 1.76. The van der Waals surface area contributed by atoms with Crippen molar-refractivity contribution in [3.63, 3.8) is 0 Å². The lowest BCUT2D eigenvalue weighted by Crippen LogP contribution is -2.36. The van der Waals surface area contributed by atoms with Crippen LogP contribution >= 0.6 is 11.6 Å². The molecule has 1 aliphatic rings. The summed E-state index contributed by atoms with van der Waals surface area (Å²) in [5, 5.41) is 0.664. The zero-order chi connectivity index (χ0) is 19.1. The summed E-state index contributed by atoms with van der Waals surface area (Å²) in [6, 6.07) is 9.28. The normalized spacial score (nSPS) is 15.5. The number of hydrogen-bond donors (Lipinski definition) is 1. The molecule has 0 unspecified atom stereocenters. The smallest absolute Gasteiger partial charge is 0.327 e. The third-order valence-corrected chi connectivity index (χ3v) is 5.64. The van der Waals surface area contributed by atoms with Crippen molar-refractivity contribution in [1.82, 2.24) is 24.5 Å². The summed E-state index contributed by atoms with van der Waals surface area (Å²) in [6.45, 7) is 2.47. The van der Waals surface area contributed by atoms with E-state index in [0.717, 1.165) is 53.9 Å². The van der Waals surface area contributed by atoms with Gasteiger partial charge in [0.05, 0.1) is 22.7 Å². The van der Waals surface area contributed by atoms with Crippen molar-refractivity contribution in [3.8, 4) is 0 Å². The lowest BCUT2D eigenvalue weighted by molar-refractivity contribution is 0.355. The maximum atomic E-state index is 12.3. The van der Waals surface area contributed by atoms with Gasteiger partial charge >= 0.3 is 5.69 Å². The fraction of sp³-hybridized carbons (Fsp3) is 0.300. The van der Waals surface area contributed by atoms with Gasteiger partial charge in [0.15, 0.2) is 5.65 Å². The van der Waals surface area contributed by atoms with E-state index in [2.05, 4.69) is 19.9 Å². The van der Waals surface area contributed by atoms with Crippen LogP contribution in [0.3, 0.4) is 0 Å². The van der Waals surface area contributed by atoms with E-state index in [1.54, 1.807) is 10.8 Å². The molecule has 1 aliphatic heterocycles. The molecule has 4 aromatic rings. The quantitative estimate of drug-likeness (QED) is 0.577. The third kappa shape index (κ3) is 3.11. The molecular weight excluding hydrogens is 376 g/mol. The molecule has 0 radical (unpaired) electrons. The molecule has 8 heteroatoms. The Morgan fingerprint density at radius 3 is 2.86 bits per heavy atom. The van der Waals surface area contributed by atoms with Crippen molar-refractivity contribution in [2.24, 2.45) is 5.92 Å². The number of rotatable bonds is 3. The number of aromatic nitrogens is 5. The van der Waals surface area contributed by atoms with Crippen LogP contribution in [0, 0.1) is 5.92 Å². The van der Waals surface area contributed by atoms with Gasteiger partial charge in [-0.15, -0.1) is 0 Å². The molecule has 1 saturated heterocycles. The van der Waals surface area contributed by atoms with E-state index < -0.39 is 0 Å². The predicted molar refractivity (Wildman–Crippen MR) is 110 cm³/mol. The second-order valence-electron chi connectivity index (χ2n) is 7.21. The Morgan fingerprint density at radius 2 is 2.00 bits per heavy atom. The van der Waals surface area contributed by atoms with Crippen LogP contribution in [0.1, 0.15) is 12.8 Å². The van der Waals surface area contributed by atoms with Crippen molar-refractivity contribution in [1.29, 1.82) is 0 Å². The Morgan fingerprint density at radius 1 is 1.14 bits per heavy atom. The van der Waals surface area contributed by atoms with Gasteiger partial charge in [-0.1, -0.05) is 11.6 Å². The zero-order valence-corrected chi connectivity index (χ0v) is 15.9. The summed E-state index contributed by atoms with van der Waals surface area (Å²) in [7, 11) is 0. The SMILES string of the molecule is O=c1[nH]c2cccnc2n1CC1CCN(c2cnc3cc(Cl)ccc3n2)CC1. The highest BCUT2D eigenvalue weighted by Gasteiger charge is 2.22. The zero-order valence-electron chi connectivity index (χ0n) is 15.2. The van der Waals surface area contributed by atoms with Crippen LogP contribution in [0.4, 0.5) is 5.82 Å². The highest BCUT2D eigenvalue weighted by Crippen LogP contribution is 2.25. The number of H-pyrrole nitrogens is 1. The Bertz CT molecular complexity index is 1210. The van der Waals surface area contributed by atoms with Crippen LogP contribution in [0.5, 0.6) is 0 Å². The average molecular weight is 395 g/mol. The van der Waals surface area contributed by atoms with E-state index in [1.807, 2.05) is 36.5 Å². The first-order valence-corrected chi connectivity index (χ1v) is 9.76. The first-order valence-electron chi connectivity index (χ1n) is 9.38. The molecule has 4 heterocycles. The summed E-state index contributed by atoms with van der Waals surface area (Å²) in [5.41, 5.74) is 3.08. The van der Waals surface area contributed by atoms with E-state index in [0.29, 0.717) is 17.5 Å². The number of piperidine rings is 1. The lowest BCUT2D eigenvalue weighted by atomic mass is 9.97. The van der Waals surface area contributed by atoms with Gasteiger partial charge in [0.1, 0.15) is 5.82 Å². The number of fused-ring (bicyclic) bond motifs is 2. The average Bonchev–Trinajstić information content (AvgIpc) is 3.03. The predicted octanol–water partition coefficient (Wildman–Crippen LogP) is 3.24. The summed E-state index contributed by atoms with van der Waals surface area (Å²) in [4.78, 5) is 31.0. The van der Waals surface area contributed by atoms with Gasteiger partial charge in [0.25, 0.3) is 0 Å². The number of hydrogen-bond acceptors (Lipinski definition) is 5. The molecule has 0 aliphatic carbocycles. The number of halogens is 1. The molecule has 0 amide bonds. The molecular formula is C20H19ClN6O.